The molecule has 1 atom stereocenters. The Balaban J connectivity index is 2.22. The number of hydrogen-bond acceptors (Lipinski definition) is 3. The second-order valence-electron chi connectivity index (χ2n) is 5.29. The summed E-state index contributed by atoms with van der Waals surface area (Å²) in [6, 6.07) is 8.13. The molecule has 1 aliphatic heterocycles. The minimum atomic E-state index is -0.168. The van der Waals surface area contributed by atoms with Gasteiger partial charge in [-0.25, -0.2) is 0 Å². The second kappa shape index (κ2) is 4.89. The van der Waals surface area contributed by atoms with E-state index in [0.29, 0.717) is 6.42 Å². The van der Waals surface area contributed by atoms with Crippen LogP contribution in [-0.4, -0.2) is 11.7 Å². The monoisotopic (exact) mass is 245 g/mol. The van der Waals surface area contributed by atoms with Gasteiger partial charge in [0, 0.05) is 12.0 Å². The lowest BCUT2D eigenvalue weighted by atomic mass is 10.0. The predicted molar refractivity (Wildman–Crippen MR) is 69.8 cm³/mol. The van der Waals surface area contributed by atoms with Crippen LogP contribution in [0.1, 0.15) is 39.2 Å². The van der Waals surface area contributed by atoms with Crippen molar-refractivity contribution >= 4 is 0 Å². The van der Waals surface area contributed by atoms with E-state index < -0.39 is 0 Å². The Labute approximate surface area is 108 Å². The average Bonchev–Trinajstić information content (AvgIpc) is 2.63. The van der Waals surface area contributed by atoms with Crippen LogP contribution in [0.15, 0.2) is 18.2 Å². The molecule has 0 aliphatic carbocycles. The number of ether oxygens (including phenoxy) is 2. The summed E-state index contributed by atoms with van der Waals surface area (Å²) in [4.78, 5) is 0. The van der Waals surface area contributed by atoms with Gasteiger partial charge >= 0.3 is 0 Å². The minimum Gasteiger partial charge on any atom is -0.485 e. The van der Waals surface area contributed by atoms with Crippen LogP contribution in [0.5, 0.6) is 11.5 Å². The third-order valence-electron chi connectivity index (χ3n) is 3.12. The fourth-order valence-corrected chi connectivity index (χ4v) is 2.23. The molecule has 0 radical (unpaired) electrons. The molecule has 0 saturated heterocycles. The lowest BCUT2D eigenvalue weighted by Gasteiger charge is -2.20. The molecule has 3 nitrogen and oxygen atoms in total. The van der Waals surface area contributed by atoms with Gasteiger partial charge < -0.3 is 9.47 Å². The average molecular weight is 245 g/mol. The zero-order chi connectivity index (χ0) is 13.2. The van der Waals surface area contributed by atoms with Gasteiger partial charge in [0.2, 0.25) is 0 Å². The minimum absolute atomic E-state index is 0.0613. The van der Waals surface area contributed by atoms with Crippen molar-refractivity contribution in [3.05, 3.63) is 23.8 Å². The molecule has 0 saturated carbocycles. The van der Waals surface area contributed by atoms with Crippen LogP contribution in [0, 0.1) is 11.3 Å². The molecule has 1 heterocycles. The first-order valence-electron chi connectivity index (χ1n) is 6.40. The fraction of sp³-hybridized carbons (Fsp3) is 0.533. The molecule has 0 aromatic heterocycles. The molecule has 0 spiro atoms. The van der Waals surface area contributed by atoms with Crippen LogP contribution in [-0.2, 0) is 6.42 Å². The smallest absolute Gasteiger partial charge is 0.165 e. The lowest BCUT2D eigenvalue weighted by Crippen LogP contribution is -2.25. The normalized spacial score (nSPS) is 17.4. The third kappa shape index (κ3) is 2.59. The van der Waals surface area contributed by atoms with Crippen LogP contribution in [0.25, 0.3) is 0 Å². The van der Waals surface area contributed by atoms with E-state index in [1.54, 1.807) is 0 Å². The van der Waals surface area contributed by atoms with Crippen molar-refractivity contribution in [2.24, 2.45) is 0 Å². The SMILES string of the molecule is CCC(CC#N)Oc1cccc2c1OC(C)(C)C2. The molecule has 18 heavy (non-hydrogen) atoms. The van der Waals surface area contributed by atoms with Gasteiger partial charge in [0.25, 0.3) is 0 Å². The lowest BCUT2D eigenvalue weighted by molar-refractivity contribution is 0.125. The van der Waals surface area contributed by atoms with Crippen LogP contribution in [0.4, 0.5) is 0 Å². The van der Waals surface area contributed by atoms with E-state index in [4.69, 9.17) is 14.7 Å². The van der Waals surface area contributed by atoms with Gasteiger partial charge in [-0.15, -0.1) is 0 Å². The number of benzene rings is 1. The summed E-state index contributed by atoms with van der Waals surface area (Å²) in [5.41, 5.74) is 1.02. The maximum atomic E-state index is 8.76. The van der Waals surface area contributed by atoms with Crippen molar-refractivity contribution in [1.29, 1.82) is 5.26 Å². The van der Waals surface area contributed by atoms with E-state index in [0.717, 1.165) is 24.3 Å². The summed E-state index contributed by atoms with van der Waals surface area (Å²) in [6.45, 7) is 6.17. The Morgan fingerprint density at radius 3 is 2.94 bits per heavy atom. The Kier molecular flexibility index (Phi) is 3.47. The molecular weight excluding hydrogens is 226 g/mol. The molecule has 3 heteroatoms. The maximum absolute atomic E-state index is 8.76. The van der Waals surface area contributed by atoms with Gasteiger partial charge in [-0.3, -0.25) is 0 Å². The van der Waals surface area contributed by atoms with Gasteiger partial charge in [-0.2, -0.15) is 5.26 Å². The maximum Gasteiger partial charge on any atom is 0.165 e. The number of fused-ring (bicyclic) bond motifs is 1. The summed E-state index contributed by atoms with van der Waals surface area (Å²) in [7, 11) is 0. The molecule has 1 aliphatic rings. The van der Waals surface area contributed by atoms with Gasteiger partial charge in [0.05, 0.1) is 12.5 Å². The Bertz CT molecular complexity index is 474. The topological polar surface area (TPSA) is 42.2 Å². The Hall–Kier alpha value is -1.69. The van der Waals surface area contributed by atoms with Crippen LogP contribution in [0.3, 0.4) is 0 Å². The van der Waals surface area contributed by atoms with Crippen molar-refractivity contribution in [2.75, 3.05) is 0 Å². The van der Waals surface area contributed by atoms with Gasteiger partial charge in [-0.05, 0) is 26.3 Å². The van der Waals surface area contributed by atoms with Crippen molar-refractivity contribution in [2.45, 2.75) is 51.7 Å². The van der Waals surface area contributed by atoms with Gasteiger partial charge in [0.15, 0.2) is 11.5 Å². The van der Waals surface area contributed by atoms with Gasteiger partial charge in [0.1, 0.15) is 11.7 Å². The summed E-state index contributed by atoms with van der Waals surface area (Å²) < 4.78 is 11.8. The molecule has 2 rings (SSSR count). The highest BCUT2D eigenvalue weighted by Crippen LogP contribution is 2.42. The first-order valence-corrected chi connectivity index (χ1v) is 6.40. The standard InChI is InChI=1S/C15H19NO2/c1-4-12(8-9-16)17-13-7-5-6-11-10-15(2,3)18-14(11)13/h5-7,12H,4,8,10H2,1-3H3. The summed E-state index contributed by atoms with van der Waals surface area (Å²) in [5.74, 6) is 1.61. The Morgan fingerprint density at radius 1 is 1.50 bits per heavy atom. The summed E-state index contributed by atoms with van der Waals surface area (Å²) in [6.07, 6.45) is 2.06. The summed E-state index contributed by atoms with van der Waals surface area (Å²) in [5, 5.41) is 8.76. The second-order valence-corrected chi connectivity index (χ2v) is 5.29. The largest absolute Gasteiger partial charge is 0.485 e. The fourth-order valence-electron chi connectivity index (χ4n) is 2.23. The van der Waals surface area contributed by atoms with E-state index in [1.807, 2.05) is 19.1 Å². The molecule has 0 fully saturated rings. The number of nitrogens with zero attached hydrogens (tertiary/aromatic N) is 1. The zero-order valence-corrected chi connectivity index (χ0v) is 11.2. The van der Waals surface area contributed by atoms with E-state index in [2.05, 4.69) is 26.0 Å². The highest BCUT2D eigenvalue weighted by molar-refractivity contribution is 5.50. The summed E-state index contributed by atoms with van der Waals surface area (Å²) >= 11 is 0. The van der Waals surface area contributed by atoms with E-state index >= 15 is 0 Å². The molecular formula is C15H19NO2. The number of para-hydroxylation sites is 1. The number of nitriles is 1. The number of rotatable bonds is 4. The zero-order valence-electron chi connectivity index (χ0n) is 11.2. The first-order chi connectivity index (χ1) is 8.55. The molecule has 0 amide bonds. The van der Waals surface area contributed by atoms with E-state index in [1.165, 1.54) is 5.56 Å². The van der Waals surface area contributed by atoms with Crippen LogP contribution >= 0.6 is 0 Å². The van der Waals surface area contributed by atoms with Crippen LogP contribution in [0.2, 0.25) is 0 Å². The highest BCUT2D eigenvalue weighted by Gasteiger charge is 2.32. The third-order valence-corrected chi connectivity index (χ3v) is 3.12. The predicted octanol–water partition coefficient (Wildman–Crippen LogP) is 3.47. The number of hydrogen-bond donors (Lipinski definition) is 0. The molecule has 96 valence electrons. The molecule has 0 bridgehead atoms. The van der Waals surface area contributed by atoms with Crippen LogP contribution < -0.4 is 9.47 Å². The first kappa shape index (κ1) is 12.8. The molecule has 1 aromatic rings. The quantitative estimate of drug-likeness (QED) is 0.815. The van der Waals surface area contributed by atoms with Crippen molar-refractivity contribution in [3.8, 4) is 17.6 Å². The highest BCUT2D eigenvalue weighted by atomic mass is 16.5. The van der Waals surface area contributed by atoms with Crippen molar-refractivity contribution in [1.82, 2.24) is 0 Å². The molecule has 1 unspecified atom stereocenters. The van der Waals surface area contributed by atoms with Gasteiger partial charge in [-0.1, -0.05) is 19.1 Å². The molecule has 1 aromatic carbocycles. The van der Waals surface area contributed by atoms with E-state index in [-0.39, 0.29) is 11.7 Å². The van der Waals surface area contributed by atoms with E-state index in [9.17, 15) is 0 Å². The van der Waals surface area contributed by atoms with Crippen molar-refractivity contribution < 1.29 is 9.47 Å². The van der Waals surface area contributed by atoms with Crippen molar-refractivity contribution in [3.63, 3.8) is 0 Å². The Morgan fingerprint density at radius 2 is 2.28 bits per heavy atom. The molecule has 0 N–H and O–H groups in total.